The zero-order valence-electron chi connectivity index (χ0n) is 12.9. The molecule has 1 heterocycles. The maximum absolute atomic E-state index is 12.6. The van der Waals surface area contributed by atoms with E-state index >= 15 is 0 Å². The molecular formula is C16H19N3O3S. The van der Waals surface area contributed by atoms with Crippen molar-refractivity contribution in [3.05, 3.63) is 47.3 Å². The molecule has 0 radical (unpaired) electrons. The van der Waals surface area contributed by atoms with Gasteiger partial charge in [-0.1, -0.05) is 30.0 Å². The molecule has 0 saturated heterocycles. The van der Waals surface area contributed by atoms with Gasteiger partial charge in [0.25, 0.3) is 5.56 Å². The molecular weight excluding hydrogens is 314 g/mol. The average Bonchev–Trinajstić information content (AvgIpc) is 2.57. The third-order valence-electron chi connectivity index (χ3n) is 3.12. The van der Waals surface area contributed by atoms with Gasteiger partial charge in [0.1, 0.15) is 0 Å². The molecule has 7 heteroatoms. The highest BCUT2D eigenvalue weighted by Crippen LogP contribution is 2.17. The minimum atomic E-state index is -0.129. The molecule has 2 rings (SSSR count). The summed E-state index contributed by atoms with van der Waals surface area (Å²) >= 11 is 1.23. The first-order valence-electron chi connectivity index (χ1n) is 7.16. The number of hydrogen-bond donors (Lipinski definition) is 1. The first-order chi connectivity index (χ1) is 11.2. The van der Waals surface area contributed by atoms with Crippen molar-refractivity contribution in [3.8, 4) is 0 Å². The van der Waals surface area contributed by atoms with Crippen LogP contribution in [0, 0.1) is 0 Å². The van der Waals surface area contributed by atoms with Gasteiger partial charge in [0.15, 0.2) is 5.16 Å². The molecule has 1 aromatic carbocycles. The fraction of sp³-hybridized carbons (Fsp3) is 0.312. The highest BCUT2D eigenvalue weighted by molar-refractivity contribution is 7.99. The molecule has 0 saturated carbocycles. The van der Waals surface area contributed by atoms with Crippen molar-refractivity contribution in [2.24, 2.45) is 0 Å². The van der Waals surface area contributed by atoms with Crippen molar-refractivity contribution in [1.82, 2.24) is 14.9 Å². The lowest BCUT2D eigenvalue weighted by atomic mass is 10.2. The van der Waals surface area contributed by atoms with Crippen LogP contribution < -0.4 is 10.9 Å². The van der Waals surface area contributed by atoms with E-state index in [1.807, 2.05) is 12.1 Å². The highest BCUT2D eigenvalue weighted by atomic mass is 32.2. The standard InChI is InChI=1S/C16H19N3O3S/c1-3-8-17-14(20)11-23-16-18-13-7-5-4-6-12(13)15(21)19(16)9-10-22-2/h3-7H,1,8-11H2,2H3,(H,17,20). The summed E-state index contributed by atoms with van der Waals surface area (Å²) in [6, 6.07) is 7.18. The topological polar surface area (TPSA) is 73.2 Å². The third-order valence-corrected chi connectivity index (χ3v) is 4.10. The maximum Gasteiger partial charge on any atom is 0.262 e. The van der Waals surface area contributed by atoms with Gasteiger partial charge in [0, 0.05) is 13.7 Å². The van der Waals surface area contributed by atoms with Crippen molar-refractivity contribution in [2.45, 2.75) is 11.7 Å². The Hall–Kier alpha value is -2.12. The van der Waals surface area contributed by atoms with Crippen LogP contribution in [0.25, 0.3) is 10.9 Å². The summed E-state index contributed by atoms with van der Waals surface area (Å²) in [5.41, 5.74) is 0.502. The number of hydrogen-bond acceptors (Lipinski definition) is 5. The van der Waals surface area contributed by atoms with Gasteiger partial charge in [-0.2, -0.15) is 0 Å². The van der Waals surface area contributed by atoms with Crippen molar-refractivity contribution in [1.29, 1.82) is 0 Å². The highest BCUT2D eigenvalue weighted by Gasteiger charge is 2.12. The predicted molar refractivity (Wildman–Crippen MR) is 91.8 cm³/mol. The van der Waals surface area contributed by atoms with Gasteiger partial charge in [0.05, 0.1) is 29.8 Å². The Kier molecular flexibility index (Phi) is 6.37. The summed E-state index contributed by atoms with van der Waals surface area (Å²) in [6.45, 7) is 4.76. The number of methoxy groups -OCH3 is 1. The number of thioether (sulfide) groups is 1. The molecule has 1 N–H and O–H groups in total. The van der Waals surface area contributed by atoms with Gasteiger partial charge in [-0.3, -0.25) is 14.2 Å². The van der Waals surface area contributed by atoms with Crippen LogP contribution in [0.2, 0.25) is 0 Å². The zero-order chi connectivity index (χ0) is 16.7. The quantitative estimate of drug-likeness (QED) is 0.449. The van der Waals surface area contributed by atoms with E-state index in [1.54, 1.807) is 29.9 Å². The lowest BCUT2D eigenvalue weighted by Gasteiger charge is -2.12. The smallest absolute Gasteiger partial charge is 0.262 e. The fourth-order valence-corrected chi connectivity index (χ4v) is 2.86. The van der Waals surface area contributed by atoms with E-state index in [0.29, 0.717) is 35.8 Å². The zero-order valence-corrected chi connectivity index (χ0v) is 13.8. The van der Waals surface area contributed by atoms with Crippen LogP contribution in [-0.4, -0.2) is 41.5 Å². The molecule has 0 spiro atoms. The predicted octanol–water partition coefficient (Wildman–Crippen LogP) is 1.44. The second-order valence-corrected chi connectivity index (χ2v) is 5.69. The lowest BCUT2D eigenvalue weighted by Crippen LogP contribution is -2.27. The van der Waals surface area contributed by atoms with Crippen molar-refractivity contribution >= 4 is 28.6 Å². The number of aromatic nitrogens is 2. The number of carbonyl (C=O) groups is 1. The Morgan fingerprint density at radius 3 is 3.00 bits per heavy atom. The molecule has 0 atom stereocenters. The molecule has 0 aliphatic carbocycles. The largest absolute Gasteiger partial charge is 0.383 e. The van der Waals surface area contributed by atoms with Crippen molar-refractivity contribution in [3.63, 3.8) is 0 Å². The minimum absolute atomic E-state index is 0.123. The molecule has 0 unspecified atom stereocenters. The first kappa shape index (κ1) is 17.2. The van der Waals surface area contributed by atoms with Crippen LogP contribution in [0.1, 0.15) is 0 Å². The van der Waals surface area contributed by atoms with Crippen LogP contribution in [0.3, 0.4) is 0 Å². The van der Waals surface area contributed by atoms with Crippen LogP contribution in [0.4, 0.5) is 0 Å². The molecule has 1 aromatic heterocycles. The molecule has 1 amide bonds. The van der Waals surface area contributed by atoms with Gasteiger partial charge in [-0.15, -0.1) is 6.58 Å². The Morgan fingerprint density at radius 1 is 1.48 bits per heavy atom. The number of fused-ring (bicyclic) bond motifs is 1. The number of nitrogens with one attached hydrogen (secondary N) is 1. The van der Waals surface area contributed by atoms with Gasteiger partial charge < -0.3 is 10.1 Å². The van der Waals surface area contributed by atoms with Crippen molar-refractivity contribution < 1.29 is 9.53 Å². The van der Waals surface area contributed by atoms with E-state index in [0.717, 1.165) is 0 Å². The summed E-state index contributed by atoms with van der Waals surface area (Å²) in [4.78, 5) is 28.9. The summed E-state index contributed by atoms with van der Waals surface area (Å²) < 4.78 is 6.61. The average molecular weight is 333 g/mol. The monoisotopic (exact) mass is 333 g/mol. The van der Waals surface area contributed by atoms with E-state index in [4.69, 9.17) is 4.74 Å². The second kappa shape index (κ2) is 8.50. The van der Waals surface area contributed by atoms with Gasteiger partial charge >= 0.3 is 0 Å². The number of ether oxygens (including phenoxy) is 1. The fourth-order valence-electron chi connectivity index (χ4n) is 2.00. The van der Waals surface area contributed by atoms with Gasteiger partial charge in [0.2, 0.25) is 5.91 Å². The number of nitrogens with zero attached hydrogens (tertiary/aromatic N) is 2. The third kappa shape index (κ3) is 4.43. The molecule has 2 aromatic rings. The molecule has 23 heavy (non-hydrogen) atoms. The van der Waals surface area contributed by atoms with E-state index in [2.05, 4.69) is 16.9 Å². The van der Waals surface area contributed by atoms with E-state index in [1.165, 1.54) is 11.8 Å². The van der Waals surface area contributed by atoms with Crippen molar-refractivity contribution in [2.75, 3.05) is 26.0 Å². The summed E-state index contributed by atoms with van der Waals surface area (Å²) in [5, 5.41) is 3.77. The first-order valence-corrected chi connectivity index (χ1v) is 8.15. The number of para-hydroxylation sites is 1. The number of benzene rings is 1. The normalized spacial score (nSPS) is 10.7. The summed E-state index contributed by atoms with van der Waals surface area (Å²) in [5.74, 6) is 0.0570. The van der Waals surface area contributed by atoms with Crippen LogP contribution >= 0.6 is 11.8 Å². The summed E-state index contributed by atoms with van der Waals surface area (Å²) in [7, 11) is 1.58. The number of amides is 1. The molecule has 0 fully saturated rings. The van der Waals surface area contributed by atoms with E-state index < -0.39 is 0 Å². The molecule has 0 bridgehead atoms. The van der Waals surface area contributed by atoms with Crippen LogP contribution in [0.5, 0.6) is 0 Å². The van der Waals surface area contributed by atoms with Crippen LogP contribution in [-0.2, 0) is 16.1 Å². The Bertz CT molecular complexity index is 758. The maximum atomic E-state index is 12.6. The van der Waals surface area contributed by atoms with E-state index in [9.17, 15) is 9.59 Å². The number of carbonyl (C=O) groups excluding carboxylic acids is 1. The SMILES string of the molecule is C=CCNC(=O)CSc1nc2ccccc2c(=O)n1CCOC. The molecule has 0 aliphatic heterocycles. The molecule has 0 aliphatic rings. The minimum Gasteiger partial charge on any atom is -0.383 e. The Labute approximate surface area is 138 Å². The Balaban J connectivity index is 2.30. The summed E-state index contributed by atoms with van der Waals surface area (Å²) in [6.07, 6.45) is 1.62. The van der Waals surface area contributed by atoms with Crippen LogP contribution in [0.15, 0.2) is 46.9 Å². The number of rotatable bonds is 8. The van der Waals surface area contributed by atoms with E-state index in [-0.39, 0.29) is 17.2 Å². The Morgan fingerprint density at radius 2 is 2.26 bits per heavy atom. The molecule has 6 nitrogen and oxygen atoms in total. The second-order valence-electron chi connectivity index (χ2n) is 4.74. The van der Waals surface area contributed by atoms with Gasteiger partial charge in [-0.25, -0.2) is 4.98 Å². The van der Waals surface area contributed by atoms with Gasteiger partial charge in [-0.05, 0) is 12.1 Å². The lowest BCUT2D eigenvalue weighted by molar-refractivity contribution is -0.118. The molecule has 122 valence electrons.